The Morgan fingerprint density at radius 1 is 1.47 bits per heavy atom. The van der Waals surface area contributed by atoms with Crippen LogP contribution >= 0.6 is 15.9 Å². The molecule has 1 unspecified atom stereocenters. The molecular formula is C14H17BrN2O2. The van der Waals surface area contributed by atoms with E-state index >= 15 is 0 Å². The molecule has 0 aliphatic heterocycles. The lowest BCUT2D eigenvalue weighted by Crippen LogP contribution is -2.05. The second-order valence-corrected chi connectivity index (χ2v) is 5.28. The average Bonchev–Trinajstić information content (AvgIpc) is 2.89. The van der Waals surface area contributed by atoms with Crippen LogP contribution in [0.5, 0.6) is 5.75 Å². The predicted octanol–water partition coefficient (Wildman–Crippen LogP) is 3.17. The first-order chi connectivity index (χ1) is 9.16. The molecule has 4 nitrogen and oxygen atoms in total. The fourth-order valence-corrected chi connectivity index (χ4v) is 2.20. The Labute approximate surface area is 121 Å². The van der Waals surface area contributed by atoms with Crippen molar-refractivity contribution in [1.82, 2.24) is 9.55 Å². The molecule has 5 heteroatoms. The molecule has 102 valence electrons. The molecule has 0 aliphatic rings. The maximum atomic E-state index is 9.72. The zero-order chi connectivity index (χ0) is 13.7. The van der Waals surface area contributed by atoms with Crippen molar-refractivity contribution in [2.75, 3.05) is 6.61 Å². The van der Waals surface area contributed by atoms with Crippen LogP contribution in [0.4, 0.5) is 0 Å². The molecule has 0 amide bonds. The van der Waals surface area contributed by atoms with Crippen molar-refractivity contribution in [3.05, 3.63) is 47.0 Å². The highest BCUT2D eigenvalue weighted by atomic mass is 79.9. The summed E-state index contributed by atoms with van der Waals surface area (Å²) in [7, 11) is 0. The summed E-state index contributed by atoms with van der Waals surface area (Å²) in [4.78, 5) is 3.99. The average molecular weight is 325 g/mol. The second-order valence-electron chi connectivity index (χ2n) is 4.36. The van der Waals surface area contributed by atoms with Gasteiger partial charge in [0.05, 0.1) is 19.0 Å². The third kappa shape index (κ3) is 4.08. The van der Waals surface area contributed by atoms with Gasteiger partial charge in [-0.1, -0.05) is 15.9 Å². The van der Waals surface area contributed by atoms with Gasteiger partial charge in [0.1, 0.15) is 5.75 Å². The van der Waals surface area contributed by atoms with Gasteiger partial charge in [0.15, 0.2) is 0 Å². The molecule has 0 radical (unpaired) electrons. The number of imidazole rings is 1. The van der Waals surface area contributed by atoms with Gasteiger partial charge in [-0.05, 0) is 31.5 Å². The van der Waals surface area contributed by atoms with Crippen molar-refractivity contribution in [3.8, 4) is 5.75 Å². The molecule has 1 aromatic heterocycles. The lowest BCUT2D eigenvalue weighted by Gasteiger charge is -2.14. The highest BCUT2D eigenvalue weighted by molar-refractivity contribution is 9.10. The van der Waals surface area contributed by atoms with E-state index in [1.807, 2.05) is 29.0 Å². The van der Waals surface area contributed by atoms with Gasteiger partial charge in [0, 0.05) is 29.0 Å². The second kappa shape index (κ2) is 6.73. The van der Waals surface area contributed by atoms with Crippen LogP contribution in [0.2, 0.25) is 0 Å². The Morgan fingerprint density at radius 3 is 3.00 bits per heavy atom. The van der Waals surface area contributed by atoms with E-state index in [2.05, 4.69) is 20.9 Å². The minimum Gasteiger partial charge on any atom is -0.493 e. The lowest BCUT2D eigenvalue weighted by atomic mass is 10.1. The van der Waals surface area contributed by atoms with Gasteiger partial charge >= 0.3 is 0 Å². The summed E-state index contributed by atoms with van der Waals surface area (Å²) in [5, 5.41) is 9.72. The maximum Gasteiger partial charge on any atom is 0.125 e. The monoisotopic (exact) mass is 324 g/mol. The number of nitrogens with zero attached hydrogens (tertiary/aromatic N) is 2. The van der Waals surface area contributed by atoms with Crippen LogP contribution in [-0.4, -0.2) is 21.3 Å². The van der Waals surface area contributed by atoms with E-state index in [-0.39, 0.29) is 0 Å². The fourth-order valence-electron chi connectivity index (χ4n) is 1.83. The van der Waals surface area contributed by atoms with Crippen LogP contribution in [0.15, 0.2) is 41.4 Å². The van der Waals surface area contributed by atoms with Crippen molar-refractivity contribution in [2.45, 2.75) is 26.0 Å². The Hall–Kier alpha value is -1.33. The van der Waals surface area contributed by atoms with Gasteiger partial charge < -0.3 is 14.4 Å². The number of hydrogen-bond acceptors (Lipinski definition) is 3. The van der Waals surface area contributed by atoms with Crippen LogP contribution in [0, 0.1) is 0 Å². The summed E-state index contributed by atoms with van der Waals surface area (Å²) in [6.07, 6.45) is 5.84. The maximum absolute atomic E-state index is 9.72. The van der Waals surface area contributed by atoms with Crippen molar-refractivity contribution < 1.29 is 9.84 Å². The van der Waals surface area contributed by atoms with Crippen LogP contribution in [0.3, 0.4) is 0 Å². The van der Waals surface area contributed by atoms with E-state index in [0.29, 0.717) is 6.61 Å². The highest BCUT2D eigenvalue weighted by Crippen LogP contribution is 2.28. The fraction of sp³-hybridized carbons (Fsp3) is 0.357. The molecule has 0 spiro atoms. The smallest absolute Gasteiger partial charge is 0.125 e. The summed E-state index contributed by atoms with van der Waals surface area (Å²) in [6.45, 7) is 3.22. The minimum absolute atomic E-state index is 0.541. The van der Waals surface area contributed by atoms with Crippen molar-refractivity contribution in [2.24, 2.45) is 0 Å². The van der Waals surface area contributed by atoms with E-state index in [4.69, 9.17) is 4.74 Å². The van der Waals surface area contributed by atoms with Gasteiger partial charge in [0.2, 0.25) is 0 Å². The standard InChI is InChI=1S/C14H17BrN2O2/c1-11(18)13-9-12(15)3-4-14(13)19-8-2-6-17-7-5-16-10-17/h3-5,7,9-11,18H,2,6,8H2,1H3. The third-order valence-corrected chi connectivity index (χ3v) is 3.29. The largest absolute Gasteiger partial charge is 0.493 e. The number of aliphatic hydroxyl groups excluding tert-OH is 1. The number of benzene rings is 1. The van der Waals surface area contributed by atoms with Crippen LogP contribution in [0.1, 0.15) is 25.0 Å². The van der Waals surface area contributed by atoms with Crippen LogP contribution in [-0.2, 0) is 6.54 Å². The first-order valence-corrected chi connectivity index (χ1v) is 7.02. The zero-order valence-corrected chi connectivity index (χ0v) is 12.4. The summed E-state index contributed by atoms with van der Waals surface area (Å²) in [6, 6.07) is 5.68. The molecule has 1 aromatic carbocycles. The van der Waals surface area contributed by atoms with Gasteiger partial charge in [0.25, 0.3) is 0 Å². The van der Waals surface area contributed by atoms with Gasteiger partial charge in [-0.3, -0.25) is 0 Å². The summed E-state index contributed by atoms with van der Waals surface area (Å²) >= 11 is 3.40. The third-order valence-electron chi connectivity index (χ3n) is 2.80. The first-order valence-electron chi connectivity index (χ1n) is 6.23. The van der Waals surface area contributed by atoms with Crippen LogP contribution in [0.25, 0.3) is 0 Å². The van der Waals surface area contributed by atoms with Crippen LogP contribution < -0.4 is 4.74 Å². The van der Waals surface area contributed by atoms with E-state index in [1.165, 1.54) is 0 Å². The number of hydrogen-bond donors (Lipinski definition) is 1. The molecule has 1 heterocycles. The summed E-state index contributed by atoms with van der Waals surface area (Å²) in [5.74, 6) is 0.740. The quantitative estimate of drug-likeness (QED) is 0.830. The predicted molar refractivity (Wildman–Crippen MR) is 77.1 cm³/mol. The molecule has 0 saturated carbocycles. The van der Waals surface area contributed by atoms with E-state index < -0.39 is 6.10 Å². The van der Waals surface area contributed by atoms with Gasteiger partial charge in [-0.25, -0.2) is 4.98 Å². The minimum atomic E-state index is -0.541. The first kappa shape index (κ1) is 14.1. The number of ether oxygens (including phenoxy) is 1. The molecule has 2 aromatic rings. The molecule has 0 fully saturated rings. The Balaban J connectivity index is 1.88. The van der Waals surface area contributed by atoms with E-state index in [0.717, 1.165) is 28.8 Å². The SMILES string of the molecule is CC(O)c1cc(Br)ccc1OCCCn1ccnc1. The van der Waals surface area contributed by atoms with Crippen molar-refractivity contribution >= 4 is 15.9 Å². The molecule has 2 rings (SSSR count). The summed E-state index contributed by atoms with van der Waals surface area (Å²) < 4.78 is 8.69. The van der Waals surface area contributed by atoms with E-state index in [9.17, 15) is 5.11 Å². The zero-order valence-electron chi connectivity index (χ0n) is 10.8. The number of aliphatic hydroxyl groups is 1. The number of aryl methyl sites for hydroxylation is 1. The molecule has 0 saturated heterocycles. The number of rotatable bonds is 6. The summed E-state index contributed by atoms with van der Waals surface area (Å²) in [5.41, 5.74) is 0.803. The lowest BCUT2D eigenvalue weighted by molar-refractivity contribution is 0.190. The molecule has 0 aliphatic carbocycles. The van der Waals surface area contributed by atoms with Crippen molar-refractivity contribution in [1.29, 1.82) is 0 Å². The van der Waals surface area contributed by atoms with Crippen molar-refractivity contribution in [3.63, 3.8) is 0 Å². The molecule has 1 atom stereocenters. The van der Waals surface area contributed by atoms with Gasteiger partial charge in [-0.15, -0.1) is 0 Å². The number of halogens is 1. The Kier molecular flexibility index (Phi) is 4.99. The molecule has 1 N–H and O–H groups in total. The van der Waals surface area contributed by atoms with Gasteiger partial charge in [-0.2, -0.15) is 0 Å². The Morgan fingerprint density at radius 2 is 2.32 bits per heavy atom. The molecular weight excluding hydrogens is 308 g/mol. The van der Waals surface area contributed by atoms with E-state index in [1.54, 1.807) is 19.4 Å². The molecule has 19 heavy (non-hydrogen) atoms. The Bertz CT molecular complexity index is 512. The number of aromatic nitrogens is 2. The normalized spacial score (nSPS) is 12.4. The highest BCUT2D eigenvalue weighted by Gasteiger charge is 2.09. The molecule has 0 bridgehead atoms. The topological polar surface area (TPSA) is 47.3 Å².